The van der Waals surface area contributed by atoms with Crippen LogP contribution in [0.3, 0.4) is 0 Å². The van der Waals surface area contributed by atoms with Gasteiger partial charge in [0.25, 0.3) is 0 Å². The molecule has 9 heteroatoms. The lowest BCUT2D eigenvalue weighted by atomic mass is 9.65. The lowest BCUT2D eigenvalue weighted by Crippen LogP contribution is -2.53. The molecular weight excluding hydrogens is 520 g/mol. The summed E-state index contributed by atoms with van der Waals surface area (Å²) in [6.45, 7) is 8.41. The van der Waals surface area contributed by atoms with Crippen molar-refractivity contribution in [3.05, 3.63) is 60.2 Å². The van der Waals surface area contributed by atoms with E-state index in [1.807, 2.05) is 61.5 Å². The third-order valence-corrected chi connectivity index (χ3v) is 9.34. The normalized spacial score (nSPS) is 28.0. The molecule has 41 heavy (non-hydrogen) atoms. The van der Waals surface area contributed by atoms with Crippen LogP contribution in [0.5, 0.6) is 0 Å². The largest absolute Gasteiger partial charge is 0.396 e. The SMILES string of the molecule is CCN(CC)c1ccc(NC(=O)C2N(CCCO)C(=O)[C@@H]3[C@@H](C(=O)NCc4ccccc4)[C@@]4(CC)CCC23O4)cc1. The quantitative estimate of drug-likeness (QED) is 0.366. The van der Waals surface area contributed by atoms with Crippen LogP contribution in [0.4, 0.5) is 11.4 Å². The van der Waals surface area contributed by atoms with Crippen molar-refractivity contribution in [2.45, 2.75) is 70.2 Å². The summed E-state index contributed by atoms with van der Waals surface area (Å²) in [6.07, 6.45) is 2.03. The molecule has 5 atom stereocenters. The first-order chi connectivity index (χ1) is 19.8. The third kappa shape index (κ3) is 4.99. The van der Waals surface area contributed by atoms with Crippen molar-refractivity contribution in [1.29, 1.82) is 0 Å². The molecule has 1 spiro atoms. The highest BCUT2D eigenvalue weighted by molar-refractivity contribution is 6.03. The van der Waals surface area contributed by atoms with Crippen LogP contribution >= 0.6 is 0 Å². The average Bonchev–Trinajstić information content (AvgIpc) is 3.60. The van der Waals surface area contributed by atoms with Crippen molar-refractivity contribution in [1.82, 2.24) is 10.2 Å². The summed E-state index contributed by atoms with van der Waals surface area (Å²) in [7, 11) is 0. The molecule has 2 aromatic carbocycles. The topological polar surface area (TPSA) is 111 Å². The average molecular weight is 563 g/mol. The number of carbonyl (C=O) groups is 3. The zero-order valence-corrected chi connectivity index (χ0v) is 24.3. The number of benzene rings is 2. The van der Waals surface area contributed by atoms with Crippen molar-refractivity contribution in [3.63, 3.8) is 0 Å². The van der Waals surface area contributed by atoms with Gasteiger partial charge in [-0.05, 0) is 69.4 Å². The van der Waals surface area contributed by atoms with Gasteiger partial charge in [0.05, 0.1) is 17.4 Å². The van der Waals surface area contributed by atoms with Crippen molar-refractivity contribution in [3.8, 4) is 0 Å². The molecule has 2 unspecified atom stereocenters. The number of likely N-dealkylation sites (tertiary alicyclic amines) is 1. The number of nitrogens with zero attached hydrogens (tertiary/aromatic N) is 2. The maximum atomic E-state index is 14.1. The number of aliphatic hydroxyl groups excluding tert-OH is 1. The molecule has 0 radical (unpaired) electrons. The molecule has 0 aromatic heterocycles. The number of aliphatic hydroxyl groups is 1. The van der Waals surface area contributed by atoms with Crippen LogP contribution in [0.15, 0.2) is 54.6 Å². The molecule has 3 aliphatic heterocycles. The monoisotopic (exact) mass is 562 g/mol. The molecule has 3 N–H and O–H groups in total. The van der Waals surface area contributed by atoms with Gasteiger partial charge in [-0.25, -0.2) is 0 Å². The molecule has 3 heterocycles. The number of anilines is 2. The van der Waals surface area contributed by atoms with Crippen molar-refractivity contribution < 1.29 is 24.2 Å². The van der Waals surface area contributed by atoms with Crippen LogP contribution in [0.1, 0.15) is 52.0 Å². The summed E-state index contributed by atoms with van der Waals surface area (Å²) in [5, 5.41) is 15.7. The second kappa shape index (κ2) is 11.8. The first kappa shape index (κ1) is 29.1. The van der Waals surface area contributed by atoms with Crippen molar-refractivity contribution in [2.75, 3.05) is 36.5 Å². The van der Waals surface area contributed by atoms with Gasteiger partial charge < -0.3 is 30.3 Å². The second-order valence-corrected chi connectivity index (χ2v) is 11.4. The number of ether oxygens (including phenoxy) is 1. The molecule has 3 amide bonds. The zero-order valence-electron chi connectivity index (χ0n) is 24.3. The number of amides is 3. The fourth-order valence-corrected chi connectivity index (χ4v) is 7.35. The third-order valence-electron chi connectivity index (χ3n) is 9.34. The summed E-state index contributed by atoms with van der Waals surface area (Å²) in [5.41, 5.74) is 0.780. The standard InChI is InChI=1S/C32H42N4O5/c1-4-31-17-18-32(41-31)26(25(31)28(38)33-21-22-11-8-7-9-12-22)30(40)36(19-10-20-37)27(32)29(39)34-23-13-15-24(16-14-23)35(5-2)6-3/h7-9,11-16,25-27,37H,4-6,10,17-21H2,1-3H3,(H,33,38)(H,34,39)/t25-,26-,27?,31+,32?/m0/s1. The Morgan fingerprint density at radius 3 is 2.37 bits per heavy atom. The van der Waals surface area contributed by atoms with Gasteiger partial charge in [-0.3, -0.25) is 14.4 Å². The van der Waals surface area contributed by atoms with Crippen LogP contribution in [0, 0.1) is 11.8 Å². The molecular formula is C32H42N4O5. The number of nitrogens with one attached hydrogen (secondary N) is 2. The predicted octanol–water partition coefficient (Wildman–Crippen LogP) is 3.32. The van der Waals surface area contributed by atoms with Crippen molar-refractivity contribution >= 4 is 29.1 Å². The minimum atomic E-state index is -1.09. The number of hydrogen-bond donors (Lipinski definition) is 3. The highest BCUT2D eigenvalue weighted by Gasteiger charge is 2.78. The van der Waals surface area contributed by atoms with Gasteiger partial charge in [0, 0.05) is 44.2 Å². The lowest BCUT2D eigenvalue weighted by molar-refractivity contribution is -0.146. The fraction of sp³-hybridized carbons (Fsp3) is 0.531. The van der Waals surface area contributed by atoms with E-state index in [1.54, 1.807) is 4.90 Å². The molecule has 3 aliphatic rings. The minimum Gasteiger partial charge on any atom is -0.396 e. The number of rotatable bonds is 12. The molecule has 3 saturated heterocycles. The smallest absolute Gasteiger partial charge is 0.250 e. The highest BCUT2D eigenvalue weighted by Crippen LogP contribution is 2.64. The van der Waals surface area contributed by atoms with E-state index in [2.05, 4.69) is 29.4 Å². The number of hydrogen-bond acceptors (Lipinski definition) is 6. The zero-order chi connectivity index (χ0) is 29.2. The van der Waals surface area contributed by atoms with E-state index in [9.17, 15) is 19.5 Å². The van der Waals surface area contributed by atoms with Crippen LogP contribution in [0.2, 0.25) is 0 Å². The van der Waals surface area contributed by atoms with E-state index < -0.39 is 29.1 Å². The maximum absolute atomic E-state index is 14.1. The van der Waals surface area contributed by atoms with Gasteiger partial charge >= 0.3 is 0 Å². The summed E-state index contributed by atoms with van der Waals surface area (Å²) in [5.74, 6) is -2.24. The Bertz CT molecular complexity index is 1250. The maximum Gasteiger partial charge on any atom is 0.250 e. The summed E-state index contributed by atoms with van der Waals surface area (Å²) in [6, 6.07) is 16.5. The van der Waals surface area contributed by atoms with Gasteiger partial charge in [-0.2, -0.15) is 0 Å². The van der Waals surface area contributed by atoms with E-state index in [-0.39, 0.29) is 30.9 Å². The van der Waals surface area contributed by atoms with E-state index in [0.29, 0.717) is 37.9 Å². The van der Waals surface area contributed by atoms with Gasteiger partial charge in [0.15, 0.2) is 0 Å². The molecule has 5 rings (SSSR count). The van der Waals surface area contributed by atoms with Gasteiger partial charge in [0.2, 0.25) is 17.7 Å². The van der Waals surface area contributed by atoms with Crippen LogP contribution in [0.25, 0.3) is 0 Å². The van der Waals surface area contributed by atoms with Crippen LogP contribution in [-0.4, -0.2) is 71.2 Å². The van der Waals surface area contributed by atoms with Gasteiger partial charge in [0.1, 0.15) is 11.6 Å². The lowest BCUT2D eigenvalue weighted by Gasteiger charge is -2.34. The molecule has 0 saturated carbocycles. The van der Waals surface area contributed by atoms with E-state index >= 15 is 0 Å². The Kier molecular flexibility index (Phi) is 8.38. The molecule has 9 nitrogen and oxygen atoms in total. The van der Waals surface area contributed by atoms with E-state index in [0.717, 1.165) is 24.3 Å². The number of carbonyl (C=O) groups excluding carboxylic acids is 3. The fourth-order valence-electron chi connectivity index (χ4n) is 7.35. The minimum absolute atomic E-state index is 0.108. The molecule has 3 fully saturated rings. The Morgan fingerprint density at radius 2 is 1.73 bits per heavy atom. The Balaban J connectivity index is 1.43. The van der Waals surface area contributed by atoms with E-state index in [1.165, 1.54) is 0 Å². The van der Waals surface area contributed by atoms with Crippen LogP contribution < -0.4 is 15.5 Å². The van der Waals surface area contributed by atoms with Crippen molar-refractivity contribution in [2.24, 2.45) is 11.8 Å². The van der Waals surface area contributed by atoms with Gasteiger partial charge in [-0.15, -0.1) is 0 Å². The first-order valence-corrected chi connectivity index (χ1v) is 14.9. The molecule has 220 valence electrons. The molecule has 0 aliphatic carbocycles. The second-order valence-electron chi connectivity index (χ2n) is 11.4. The van der Waals surface area contributed by atoms with Gasteiger partial charge in [-0.1, -0.05) is 37.3 Å². The van der Waals surface area contributed by atoms with Crippen LogP contribution in [-0.2, 0) is 25.7 Å². The summed E-state index contributed by atoms with van der Waals surface area (Å²) < 4.78 is 6.78. The summed E-state index contributed by atoms with van der Waals surface area (Å²) in [4.78, 5) is 45.6. The molecule has 2 bridgehead atoms. The van der Waals surface area contributed by atoms with E-state index in [4.69, 9.17) is 4.74 Å². The Hall–Kier alpha value is -3.43. The summed E-state index contributed by atoms with van der Waals surface area (Å²) >= 11 is 0. The highest BCUT2D eigenvalue weighted by atomic mass is 16.5. The number of fused-ring (bicyclic) bond motifs is 1. The first-order valence-electron chi connectivity index (χ1n) is 14.9. The molecule has 2 aromatic rings. The predicted molar refractivity (Wildman–Crippen MR) is 157 cm³/mol. The Labute approximate surface area is 242 Å². The Morgan fingerprint density at radius 1 is 1.02 bits per heavy atom.